The highest BCUT2D eigenvalue weighted by atomic mass is 16.2. The van der Waals surface area contributed by atoms with Gasteiger partial charge in [0.1, 0.15) is 0 Å². The summed E-state index contributed by atoms with van der Waals surface area (Å²) in [5.74, 6) is -0.177. The van der Waals surface area contributed by atoms with E-state index in [0.717, 1.165) is 11.1 Å². The number of hydrogen-bond acceptors (Lipinski definition) is 3. The Morgan fingerprint density at radius 3 is 2.17 bits per heavy atom. The molecule has 1 saturated heterocycles. The van der Waals surface area contributed by atoms with Crippen LogP contribution in [-0.4, -0.2) is 16.7 Å². The van der Waals surface area contributed by atoms with Gasteiger partial charge in [0.2, 0.25) is 11.8 Å². The van der Waals surface area contributed by atoms with E-state index in [2.05, 4.69) is 0 Å². The Morgan fingerprint density at radius 1 is 1.17 bits per heavy atom. The van der Waals surface area contributed by atoms with E-state index in [1.54, 1.807) is 0 Å². The quantitative estimate of drug-likeness (QED) is 0.821. The Bertz CT molecular complexity index is 477. The lowest BCUT2D eigenvalue weighted by atomic mass is 9.92. The van der Waals surface area contributed by atoms with Gasteiger partial charge in [0.15, 0.2) is 0 Å². The number of likely N-dealkylation sites (tertiary alicyclic amines) is 1. The van der Waals surface area contributed by atoms with Crippen LogP contribution in [0.25, 0.3) is 0 Å². The lowest BCUT2D eigenvalue weighted by molar-refractivity contribution is -0.141. The molecule has 1 fully saturated rings. The van der Waals surface area contributed by atoms with Gasteiger partial charge in [-0.3, -0.25) is 14.5 Å². The molecule has 2 amide bonds. The van der Waals surface area contributed by atoms with Gasteiger partial charge in [-0.2, -0.15) is 0 Å². The third-order valence-electron chi connectivity index (χ3n) is 3.32. The van der Waals surface area contributed by atoms with Crippen molar-refractivity contribution in [3.05, 3.63) is 35.4 Å². The highest BCUT2D eigenvalue weighted by molar-refractivity contribution is 6.05. The summed E-state index contributed by atoms with van der Waals surface area (Å²) in [6, 6.07) is 7.67. The van der Waals surface area contributed by atoms with Gasteiger partial charge in [-0.25, -0.2) is 0 Å². The fourth-order valence-electron chi connectivity index (χ4n) is 2.15. The largest absolute Gasteiger partial charge is 0.326 e. The molecule has 1 aliphatic rings. The van der Waals surface area contributed by atoms with E-state index in [4.69, 9.17) is 5.73 Å². The van der Waals surface area contributed by atoms with E-state index in [1.165, 1.54) is 4.90 Å². The fraction of sp³-hybridized carbons (Fsp3) is 0.429. The molecule has 96 valence electrons. The Hall–Kier alpha value is -1.68. The number of rotatable bonds is 3. The predicted molar refractivity (Wildman–Crippen MR) is 68.3 cm³/mol. The maximum atomic E-state index is 12.1. The van der Waals surface area contributed by atoms with Gasteiger partial charge in [-0.15, -0.1) is 0 Å². The van der Waals surface area contributed by atoms with Crippen molar-refractivity contribution in [2.24, 2.45) is 11.1 Å². The molecule has 0 unspecified atom stereocenters. The number of nitrogens with two attached hydrogens (primary N) is 1. The van der Waals surface area contributed by atoms with Crippen molar-refractivity contribution in [3.63, 3.8) is 0 Å². The molecule has 0 aliphatic carbocycles. The fourth-order valence-corrected chi connectivity index (χ4v) is 2.15. The number of carbonyl (C=O) groups excluding carboxylic acids is 2. The van der Waals surface area contributed by atoms with E-state index in [9.17, 15) is 9.59 Å². The van der Waals surface area contributed by atoms with Crippen LogP contribution in [0.3, 0.4) is 0 Å². The first-order valence-electron chi connectivity index (χ1n) is 6.07. The maximum absolute atomic E-state index is 12.1. The molecule has 0 bridgehead atoms. The molecule has 0 saturated carbocycles. The molecule has 1 aliphatic heterocycles. The normalized spacial score (nSPS) is 18.5. The van der Waals surface area contributed by atoms with Crippen molar-refractivity contribution in [3.8, 4) is 0 Å². The van der Waals surface area contributed by atoms with Gasteiger partial charge < -0.3 is 5.73 Å². The molecule has 1 heterocycles. The van der Waals surface area contributed by atoms with E-state index in [0.29, 0.717) is 19.5 Å². The van der Waals surface area contributed by atoms with Crippen molar-refractivity contribution in [2.75, 3.05) is 0 Å². The standard InChI is InChI=1S/C14H18N2O2/c1-14(2)7-12(17)16(13(14)18)9-11-5-3-10(8-15)4-6-11/h3-6H,7-9,15H2,1-2H3. The van der Waals surface area contributed by atoms with Crippen LogP contribution in [0.4, 0.5) is 0 Å². The SMILES string of the molecule is CC1(C)CC(=O)N(Cc2ccc(CN)cc2)C1=O. The second-order valence-electron chi connectivity index (χ2n) is 5.37. The first-order chi connectivity index (χ1) is 8.44. The molecular weight excluding hydrogens is 228 g/mol. The summed E-state index contributed by atoms with van der Waals surface area (Å²) in [5.41, 5.74) is 6.95. The summed E-state index contributed by atoms with van der Waals surface area (Å²) < 4.78 is 0. The summed E-state index contributed by atoms with van der Waals surface area (Å²) in [4.78, 5) is 25.2. The Morgan fingerprint density at radius 2 is 1.72 bits per heavy atom. The lowest BCUT2D eigenvalue weighted by Gasteiger charge is -2.17. The van der Waals surface area contributed by atoms with E-state index in [1.807, 2.05) is 38.1 Å². The average Bonchev–Trinajstić information content (AvgIpc) is 2.52. The molecule has 2 rings (SSSR count). The lowest BCUT2D eigenvalue weighted by Crippen LogP contribution is -2.32. The predicted octanol–water partition coefficient (Wildman–Crippen LogP) is 1.43. The van der Waals surface area contributed by atoms with Crippen LogP contribution in [0.15, 0.2) is 24.3 Å². The summed E-state index contributed by atoms with van der Waals surface area (Å²) in [6.07, 6.45) is 0.298. The Balaban J connectivity index is 2.14. The molecular formula is C14H18N2O2. The molecule has 4 heteroatoms. The first kappa shape index (κ1) is 12.8. The minimum absolute atomic E-state index is 0.0876. The number of benzene rings is 1. The van der Waals surface area contributed by atoms with Crippen LogP contribution in [0.5, 0.6) is 0 Å². The second kappa shape index (κ2) is 4.53. The molecule has 0 radical (unpaired) electrons. The van der Waals surface area contributed by atoms with E-state index < -0.39 is 5.41 Å². The van der Waals surface area contributed by atoms with Gasteiger partial charge in [0, 0.05) is 13.0 Å². The monoisotopic (exact) mass is 246 g/mol. The molecule has 4 nitrogen and oxygen atoms in total. The Labute approximate surface area is 107 Å². The zero-order chi connectivity index (χ0) is 13.3. The van der Waals surface area contributed by atoms with Gasteiger partial charge >= 0.3 is 0 Å². The molecule has 0 spiro atoms. The van der Waals surface area contributed by atoms with Crippen molar-refractivity contribution >= 4 is 11.8 Å². The first-order valence-corrected chi connectivity index (χ1v) is 6.07. The Kier molecular flexibility index (Phi) is 3.22. The van der Waals surface area contributed by atoms with Crippen molar-refractivity contribution < 1.29 is 9.59 Å². The molecule has 1 aromatic carbocycles. The van der Waals surface area contributed by atoms with Crippen LogP contribution in [0, 0.1) is 5.41 Å². The number of carbonyl (C=O) groups is 2. The van der Waals surface area contributed by atoms with Gasteiger partial charge in [-0.1, -0.05) is 38.1 Å². The molecule has 1 aromatic rings. The zero-order valence-corrected chi connectivity index (χ0v) is 10.8. The third-order valence-corrected chi connectivity index (χ3v) is 3.32. The van der Waals surface area contributed by atoms with E-state index >= 15 is 0 Å². The van der Waals surface area contributed by atoms with Gasteiger partial charge in [-0.05, 0) is 11.1 Å². The highest BCUT2D eigenvalue weighted by Crippen LogP contribution is 2.32. The van der Waals surface area contributed by atoms with Crippen LogP contribution in [0.2, 0.25) is 0 Å². The maximum Gasteiger partial charge on any atom is 0.235 e. The minimum Gasteiger partial charge on any atom is -0.326 e. The number of imide groups is 1. The van der Waals surface area contributed by atoms with Crippen LogP contribution < -0.4 is 5.73 Å². The zero-order valence-electron chi connectivity index (χ0n) is 10.8. The van der Waals surface area contributed by atoms with Crippen molar-refractivity contribution in [1.82, 2.24) is 4.90 Å². The molecule has 2 N–H and O–H groups in total. The third kappa shape index (κ3) is 2.29. The van der Waals surface area contributed by atoms with Crippen molar-refractivity contribution in [1.29, 1.82) is 0 Å². The second-order valence-corrected chi connectivity index (χ2v) is 5.37. The van der Waals surface area contributed by atoms with Crippen LogP contribution in [0.1, 0.15) is 31.4 Å². The summed E-state index contributed by atoms with van der Waals surface area (Å²) >= 11 is 0. The summed E-state index contributed by atoms with van der Waals surface area (Å²) in [7, 11) is 0. The average molecular weight is 246 g/mol. The van der Waals surface area contributed by atoms with Gasteiger partial charge in [0.05, 0.1) is 12.0 Å². The highest BCUT2D eigenvalue weighted by Gasteiger charge is 2.44. The topological polar surface area (TPSA) is 63.4 Å². The summed E-state index contributed by atoms with van der Waals surface area (Å²) in [5, 5.41) is 0. The number of amides is 2. The molecule has 18 heavy (non-hydrogen) atoms. The van der Waals surface area contributed by atoms with Crippen LogP contribution >= 0.6 is 0 Å². The van der Waals surface area contributed by atoms with Crippen molar-refractivity contribution in [2.45, 2.75) is 33.4 Å². The van der Waals surface area contributed by atoms with E-state index in [-0.39, 0.29) is 11.8 Å². The summed E-state index contributed by atoms with van der Waals surface area (Å²) in [6.45, 7) is 4.47. The smallest absolute Gasteiger partial charge is 0.235 e. The molecule has 0 atom stereocenters. The minimum atomic E-state index is -0.561. The van der Waals surface area contributed by atoms with Crippen LogP contribution in [-0.2, 0) is 22.7 Å². The number of hydrogen-bond donors (Lipinski definition) is 1. The van der Waals surface area contributed by atoms with Gasteiger partial charge in [0.25, 0.3) is 0 Å². The number of nitrogens with zero attached hydrogens (tertiary/aromatic N) is 1. The molecule has 0 aromatic heterocycles.